The molecule has 3 aromatic rings. The first-order valence-corrected chi connectivity index (χ1v) is 8.29. The van der Waals surface area contributed by atoms with E-state index in [-0.39, 0.29) is 5.91 Å². The largest absolute Gasteiger partial charge is 0.497 e. The van der Waals surface area contributed by atoms with Crippen molar-refractivity contribution in [1.29, 1.82) is 0 Å². The third kappa shape index (κ3) is 3.84. The van der Waals surface area contributed by atoms with E-state index < -0.39 is 0 Å². The van der Waals surface area contributed by atoms with Gasteiger partial charge in [0, 0.05) is 5.56 Å². The lowest BCUT2D eigenvalue weighted by atomic mass is 10.0. The lowest BCUT2D eigenvalue weighted by Gasteiger charge is -2.10. The number of nitrogens with zero attached hydrogens (tertiary/aromatic N) is 1. The molecule has 6 nitrogen and oxygen atoms in total. The van der Waals surface area contributed by atoms with Gasteiger partial charge in [-0.15, -0.1) is 0 Å². The second kappa shape index (κ2) is 8.23. The first-order chi connectivity index (χ1) is 13.2. The molecule has 138 valence electrons. The van der Waals surface area contributed by atoms with Crippen LogP contribution in [0.25, 0.3) is 10.8 Å². The Labute approximate surface area is 157 Å². The molecular formula is C21H20N2O4. The quantitative estimate of drug-likeness (QED) is 0.536. The van der Waals surface area contributed by atoms with Crippen molar-refractivity contribution in [3.8, 4) is 17.2 Å². The Bertz CT molecular complexity index is 993. The molecule has 0 spiro atoms. The number of methoxy groups -OCH3 is 3. The van der Waals surface area contributed by atoms with Crippen LogP contribution in [-0.2, 0) is 0 Å². The molecule has 0 saturated carbocycles. The van der Waals surface area contributed by atoms with Gasteiger partial charge in [-0.3, -0.25) is 4.79 Å². The predicted octanol–water partition coefficient (Wildman–Crippen LogP) is 3.63. The maximum absolute atomic E-state index is 12.4. The summed E-state index contributed by atoms with van der Waals surface area (Å²) in [5.74, 6) is 1.49. The molecular weight excluding hydrogens is 344 g/mol. The number of hydrazone groups is 1. The number of benzene rings is 3. The summed E-state index contributed by atoms with van der Waals surface area (Å²) in [5, 5.41) is 6.02. The zero-order valence-electron chi connectivity index (χ0n) is 15.4. The number of nitrogens with one attached hydrogen (secondary N) is 1. The summed E-state index contributed by atoms with van der Waals surface area (Å²) in [6, 6.07) is 16.5. The number of fused-ring (bicyclic) bond motifs is 1. The molecule has 3 aromatic carbocycles. The Morgan fingerprint density at radius 2 is 1.67 bits per heavy atom. The topological polar surface area (TPSA) is 69.2 Å². The molecule has 6 heteroatoms. The van der Waals surface area contributed by atoms with Crippen molar-refractivity contribution in [2.45, 2.75) is 0 Å². The molecule has 1 N–H and O–H groups in total. The maximum atomic E-state index is 12.4. The zero-order valence-corrected chi connectivity index (χ0v) is 15.4. The van der Waals surface area contributed by atoms with E-state index in [2.05, 4.69) is 10.5 Å². The van der Waals surface area contributed by atoms with Crippen molar-refractivity contribution in [1.82, 2.24) is 5.43 Å². The molecule has 0 unspecified atom stereocenters. The number of rotatable bonds is 6. The van der Waals surface area contributed by atoms with Crippen LogP contribution in [0.5, 0.6) is 17.2 Å². The lowest BCUT2D eigenvalue weighted by molar-refractivity contribution is 0.0952. The van der Waals surface area contributed by atoms with Crippen LogP contribution in [0.2, 0.25) is 0 Å². The fourth-order valence-corrected chi connectivity index (χ4v) is 2.79. The van der Waals surface area contributed by atoms with Crippen molar-refractivity contribution in [3.05, 3.63) is 65.7 Å². The lowest BCUT2D eigenvalue weighted by Crippen LogP contribution is -2.18. The van der Waals surface area contributed by atoms with Gasteiger partial charge in [-0.1, -0.05) is 24.3 Å². The summed E-state index contributed by atoms with van der Waals surface area (Å²) in [5.41, 5.74) is 3.68. The van der Waals surface area contributed by atoms with Gasteiger partial charge in [-0.05, 0) is 41.1 Å². The van der Waals surface area contributed by atoms with Gasteiger partial charge < -0.3 is 14.2 Å². The molecule has 3 rings (SSSR count). The minimum Gasteiger partial charge on any atom is -0.497 e. The van der Waals surface area contributed by atoms with E-state index in [4.69, 9.17) is 14.2 Å². The number of carbonyl (C=O) groups is 1. The number of hydrogen-bond donors (Lipinski definition) is 1. The summed E-state index contributed by atoms with van der Waals surface area (Å²) in [6.45, 7) is 0. The molecule has 0 aliphatic rings. The van der Waals surface area contributed by atoms with Crippen LogP contribution in [0, 0.1) is 0 Å². The first kappa shape index (κ1) is 18.3. The molecule has 0 saturated heterocycles. The second-order valence-corrected chi connectivity index (χ2v) is 5.67. The smallest absolute Gasteiger partial charge is 0.275 e. The van der Waals surface area contributed by atoms with E-state index in [1.54, 1.807) is 44.7 Å². The average molecular weight is 364 g/mol. The fraction of sp³-hybridized carbons (Fsp3) is 0.143. The van der Waals surface area contributed by atoms with E-state index in [0.717, 1.165) is 22.1 Å². The highest BCUT2D eigenvalue weighted by Crippen LogP contribution is 2.29. The van der Waals surface area contributed by atoms with E-state index in [0.29, 0.717) is 17.1 Å². The van der Waals surface area contributed by atoms with Gasteiger partial charge >= 0.3 is 0 Å². The molecule has 1 amide bonds. The highest BCUT2D eigenvalue weighted by molar-refractivity contribution is 6.04. The monoisotopic (exact) mass is 364 g/mol. The van der Waals surface area contributed by atoms with Crippen LogP contribution in [0.3, 0.4) is 0 Å². The summed E-state index contributed by atoms with van der Waals surface area (Å²) >= 11 is 0. The third-order valence-electron chi connectivity index (χ3n) is 4.16. The molecule has 0 bridgehead atoms. The summed E-state index contributed by atoms with van der Waals surface area (Å²) in [6.07, 6.45) is 1.56. The predicted molar refractivity (Wildman–Crippen MR) is 105 cm³/mol. The Balaban J connectivity index is 1.92. The van der Waals surface area contributed by atoms with Crippen molar-refractivity contribution < 1.29 is 19.0 Å². The molecule has 0 aliphatic carbocycles. The molecule has 0 fully saturated rings. The highest BCUT2D eigenvalue weighted by Gasteiger charge is 2.11. The van der Waals surface area contributed by atoms with Gasteiger partial charge in [0.1, 0.15) is 17.2 Å². The zero-order chi connectivity index (χ0) is 19.2. The van der Waals surface area contributed by atoms with Crippen LogP contribution >= 0.6 is 0 Å². The molecule has 0 aromatic heterocycles. The normalized spacial score (nSPS) is 10.8. The van der Waals surface area contributed by atoms with Gasteiger partial charge in [0.05, 0.1) is 33.1 Å². The number of ether oxygens (including phenoxy) is 3. The fourth-order valence-electron chi connectivity index (χ4n) is 2.79. The van der Waals surface area contributed by atoms with Gasteiger partial charge in [0.25, 0.3) is 5.91 Å². The van der Waals surface area contributed by atoms with Gasteiger partial charge in [-0.25, -0.2) is 5.43 Å². The van der Waals surface area contributed by atoms with Gasteiger partial charge in [0.2, 0.25) is 0 Å². The highest BCUT2D eigenvalue weighted by atomic mass is 16.5. The Morgan fingerprint density at radius 1 is 0.926 bits per heavy atom. The van der Waals surface area contributed by atoms with Crippen LogP contribution in [-0.4, -0.2) is 33.5 Å². The van der Waals surface area contributed by atoms with Gasteiger partial charge in [0.15, 0.2) is 0 Å². The van der Waals surface area contributed by atoms with Gasteiger partial charge in [-0.2, -0.15) is 5.10 Å². The molecule has 27 heavy (non-hydrogen) atoms. The maximum Gasteiger partial charge on any atom is 0.275 e. The molecule has 0 atom stereocenters. The van der Waals surface area contributed by atoms with Crippen LogP contribution in [0.4, 0.5) is 0 Å². The number of para-hydroxylation sites is 1. The van der Waals surface area contributed by atoms with Crippen molar-refractivity contribution in [2.24, 2.45) is 5.10 Å². The third-order valence-corrected chi connectivity index (χ3v) is 4.16. The average Bonchev–Trinajstić information content (AvgIpc) is 2.73. The van der Waals surface area contributed by atoms with Crippen molar-refractivity contribution >= 4 is 22.9 Å². The standard InChI is InChI=1S/C21H20N2O4/c1-25-15-10-8-14-9-11-20(27-3)18(17(14)12-15)13-22-23-21(24)16-6-4-5-7-19(16)26-2/h4-13H,1-3H3,(H,23,24)/b22-13-. The summed E-state index contributed by atoms with van der Waals surface area (Å²) < 4.78 is 16.0. The van der Waals surface area contributed by atoms with Crippen LogP contribution in [0.1, 0.15) is 15.9 Å². The minimum atomic E-state index is -0.361. The second-order valence-electron chi connectivity index (χ2n) is 5.67. The summed E-state index contributed by atoms with van der Waals surface area (Å²) in [7, 11) is 4.72. The van der Waals surface area contributed by atoms with E-state index in [1.807, 2.05) is 30.3 Å². The first-order valence-electron chi connectivity index (χ1n) is 8.29. The Morgan fingerprint density at radius 3 is 2.41 bits per heavy atom. The minimum absolute atomic E-state index is 0.361. The van der Waals surface area contributed by atoms with Crippen molar-refractivity contribution in [2.75, 3.05) is 21.3 Å². The Kier molecular flexibility index (Phi) is 5.56. The summed E-state index contributed by atoms with van der Waals surface area (Å²) in [4.78, 5) is 12.4. The van der Waals surface area contributed by atoms with E-state index in [9.17, 15) is 4.79 Å². The molecule has 0 heterocycles. The van der Waals surface area contributed by atoms with Crippen LogP contribution in [0.15, 0.2) is 59.7 Å². The van der Waals surface area contributed by atoms with E-state index in [1.165, 1.54) is 7.11 Å². The Hall–Kier alpha value is -3.54. The van der Waals surface area contributed by atoms with Crippen molar-refractivity contribution in [3.63, 3.8) is 0 Å². The number of amides is 1. The number of carbonyl (C=O) groups excluding carboxylic acids is 1. The molecule has 0 radical (unpaired) electrons. The van der Waals surface area contributed by atoms with E-state index >= 15 is 0 Å². The molecule has 0 aliphatic heterocycles. The van der Waals surface area contributed by atoms with Crippen LogP contribution < -0.4 is 19.6 Å². The SMILES string of the molecule is COc1ccc2ccc(OC)c(/C=N\NC(=O)c3ccccc3OC)c2c1. The number of hydrogen-bond acceptors (Lipinski definition) is 5.